The number of amidine groups is 1. The SMILES string of the molecule is COc1ccc(F)cc1C1=NC(c2ccc(C(F)(F)F)cc2)C2c3cc(C)cc4c3N(CC(=O)N4)C(=O)N12. The van der Waals surface area contributed by atoms with Crippen LogP contribution < -0.4 is 15.0 Å². The summed E-state index contributed by atoms with van der Waals surface area (Å²) < 4.78 is 59.6. The van der Waals surface area contributed by atoms with Crippen molar-refractivity contribution in [2.75, 3.05) is 23.9 Å². The average Bonchev–Trinajstić information content (AvgIpc) is 3.27. The van der Waals surface area contributed by atoms with Gasteiger partial charge in [-0.25, -0.2) is 9.18 Å². The highest BCUT2D eigenvalue weighted by Crippen LogP contribution is 2.53. The van der Waals surface area contributed by atoms with Crippen LogP contribution in [0, 0.1) is 12.7 Å². The fourth-order valence-electron chi connectivity index (χ4n) is 5.37. The number of rotatable bonds is 3. The molecule has 2 unspecified atom stereocenters. The van der Waals surface area contributed by atoms with Gasteiger partial charge in [-0.1, -0.05) is 18.2 Å². The van der Waals surface area contributed by atoms with Crippen LogP contribution >= 0.6 is 0 Å². The third-order valence-electron chi connectivity index (χ3n) is 6.93. The Balaban J connectivity index is 1.59. The van der Waals surface area contributed by atoms with Crippen molar-refractivity contribution < 1.29 is 31.9 Å². The second kappa shape index (κ2) is 8.30. The van der Waals surface area contributed by atoms with Crippen LogP contribution in [0.1, 0.15) is 39.9 Å². The fourth-order valence-corrected chi connectivity index (χ4v) is 5.37. The molecule has 0 radical (unpaired) electrons. The van der Waals surface area contributed by atoms with E-state index in [0.717, 1.165) is 17.7 Å². The summed E-state index contributed by atoms with van der Waals surface area (Å²) in [7, 11) is 1.40. The highest BCUT2D eigenvalue weighted by molar-refractivity contribution is 6.19. The molecule has 38 heavy (non-hydrogen) atoms. The van der Waals surface area contributed by atoms with Gasteiger partial charge in [0.25, 0.3) is 0 Å². The largest absolute Gasteiger partial charge is 0.496 e. The van der Waals surface area contributed by atoms with Crippen LogP contribution in [0.15, 0.2) is 59.6 Å². The standard InChI is InChI=1S/C27H20F4N4O3/c1-13-9-18-23-19(10-13)32-21(36)12-34(23)26(37)35-24(18)22(14-3-5-15(6-4-14)27(29,30)31)33-25(35)17-11-16(28)7-8-20(17)38-2/h3-11,22,24H,12H2,1-2H3,(H,32,36). The number of carbonyl (C=O) groups excluding carboxylic acids is 2. The van der Waals surface area contributed by atoms with Gasteiger partial charge in [0.15, 0.2) is 0 Å². The second-order valence-electron chi connectivity index (χ2n) is 9.34. The number of nitrogens with zero attached hydrogens (tertiary/aromatic N) is 3. The molecule has 3 aliphatic heterocycles. The van der Waals surface area contributed by atoms with E-state index < -0.39 is 35.7 Å². The topological polar surface area (TPSA) is 74.2 Å². The van der Waals surface area contributed by atoms with Crippen LogP contribution in [-0.2, 0) is 11.0 Å². The summed E-state index contributed by atoms with van der Waals surface area (Å²) in [6, 6.07) is 9.92. The van der Waals surface area contributed by atoms with Crippen molar-refractivity contribution in [3.8, 4) is 5.75 Å². The second-order valence-corrected chi connectivity index (χ2v) is 9.34. The first-order chi connectivity index (χ1) is 18.1. The first-order valence-electron chi connectivity index (χ1n) is 11.7. The van der Waals surface area contributed by atoms with Crippen molar-refractivity contribution in [2.45, 2.75) is 25.2 Å². The third-order valence-corrected chi connectivity index (χ3v) is 6.93. The molecule has 0 aromatic heterocycles. The van der Waals surface area contributed by atoms with Crippen molar-refractivity contribution in [2.24, 2.45) is 4.99 Å². The lowest BCUT2D eigenvalue weighted by Gasteiger charge is -2.43. The summed E-state index contributed by atoms with van der Waals surface area (Å²) in [6.07, 6.45) is -4.52. The van der Waals surface area contributed by atoms with Crippen LogP contribution in [0.4, 0.5) is 33.7 Å². The maximum atomic E-state index is 14.4. The summed E-state index contributed by atoms with van der Waals surface area (Å²) >= 11 is 0. The molecule has 11 heteroatoms. The van der Waals surface area contributed by atoms with Gasteiger partial charge in [-0.2, -0.15) is 13.2 Å². The highest BCUT2D eigenvalue weighted by atomic mass is 19.4. The number of benzene rings is 3. The van der Waals surface area contributed by atoms with E-state index >= 15 is 0 Å². The molecule has 3 amide bonds. The van der Waals surface area contributed by atoms with Gasteiger partial charge in [-0.15, -0.1) is 0 Å². The van der Waals surface area contributed by atoms with E-state index in [1.54, 1.807) is 6.07 Å². The molecule has 194 valence electrons. The molecule has 0 aliphatic carbocycles. The summed E-state index contributed by atoms with van der Waals surface area (Å²) in [5.41, 5.74) is 2.28. The number of aliphatic imine (C=N–C) groups is 1. The number of halogens is 4. The van der Waals surface area contributed by atoms with Crippen LogP contribution in [0.5, 0.6) is 5.75 Å². The van der Waals surface area contributed by atoms with E-state index in [1.807, 2.05) is 13.0 Å². The van der Waals surface area contributed by atoms with Gasteiger partial charge in [0.1, 0.15) is 30.0 Å². The molecule has 1 N–H and O–H groups in total. The smallest absolute Gasteiger partial charge is 0.416 e. The summed E-state index contributed by atoms with van der Waals surface area (Å²) in [4.78, 5) is 33.9. The number of hydrogen-bond acceptors (Lipinski definition) is 4. The maximum absolute atomic E-state index is 14.4. The Kier molecular flexibility index (Phi) is 5.23. The molecule has 0 saturated heterocycles. The molecule has 2 atom stereocenters. The van der Waals surface area contributed by atoms with E-state index in [1.165, 1.54) is 47.2 Å². The predicted molar refractivity (Wildman–Crippen MR) is 131 cm³/mol. The molecule has 3 heterocycles. The first-order valence-corrected chi connectivity index (χ1v) is 11.7. The Bertz CT molecular complexity index is 1530. The molecular formula is C27H20F4N4O3. The number of fused-ring (bicyclic) bond motifs is 2. The summed E-state index contributed by atoms with van der Waals surface area (Å²) in [6.45, 7) is 1.60. The van der Waals surface area contributed by atoms with E-state index in [2.05, 4.69) is 5.32 Å². The monoisotopic (exact) mass is 524 g/mol. The zero-order valence-corrected chi connectivity index (χ0v) is 20.1. The lowest BCUT2D eigenvalue weighted by molar-refractivity contribution is -0.137. The Labute approximate surface area is 214 Å². The fraction of sp³-hybridized carbons (Fsp3) is 0.222. The Morgan fingerprint density at radius 3 is 2.47 bits per heavy atom. The number of anilines is 2. The molecule has 3 aliphatic rings. The number of nitrogens with one attached hydrogen (secondary N) is 1. The Hall–Kier alpha value is -4.41. The summed E-state index contributed by atoms with van der Waals surface area (Å²) in [5, 5.41) is 2.80. The number of urea groups is 1. The lowest BCUT2D eigenvalue weighted by Crippen LogP contribution is -2.54. The number of aryl methyl sites for hydroxylation is 1. The number of ether oxygens (including phenoxy) is 1. The molecule has 0 fully saturated rings. The van der Waals surface area contributed by atoms with Gasteiger partial charge in [-0.3, -0.25) is 19.6 Å². The van der Waals surface area contributed by atoms with Gasteiger partial charge in [-0.05, 0) is 54.4 Å². The number of methoxy groups -OCH3 is 1. The van der Waals surface area contributed by atoms with Crippen molar-refractivity contribution >= 4 is 29.1 Å². The maximum Gasteiger partial charge on any atom is 0.416 e. The van der Waals surface area contributed by atoms with Gasteiger partial charge < -0.3 is 10.1 Å². The van der Waals surface area contributed by atoms with Crippen LogP contribution in [0.3, 0.4) is 0 Å². The Morgan fingerprint density at radius 2 is 1.79 bits per heavy atom. The minimum absolute atomic E-state index is 0.0981. The van der Waals surface area contributed by atoms with Gasteiger partial charge >= 0.3 is 12.2 Å². The predicted octanol–water partition coefficient (Wildman–Crippen LogP) is 5.60. The molecule has 6 rings (SSSR count). The van der Waals surface area contributed by atoms with E-state index in [-0.39, 0.29) is 29.6 Å². The van der Waals surface area contributed by atoms with Gasteiger partial charge in [0.05, 0.1) is 35.7 Å². The van der Waals surface area contributed by atoms with Crippen molar-refractivity contribution in [3.05, 3.63) is 88.2 Å². The zero-order chi connectivity index (χ0) is 26.9. The highest BCUT2D eigenvalue weighted by Gasteiger charge is 2.51. The van der Waals surface area contributed by atoms with E-state index in [0.29, 0.717) is 22.5 Å². The number of amides is 3. The molecule has 3 aromatic carbocycles. The summed E-state index contributed by atoms with van der Waals surface area (Å²) in [5.74, 6) is -0.600. The zero-order valence-electron chi connectivity index (χ0n) is 20.1. The number of alkyl halides is 3. The average molecular weight is 524 g/mol. The van der Waals surface area contributed by atoms with Gasteiger partial charge in [0.2, 0.25) is 5.91 Å². The van der Waals surface area contributed by atoms with Crippen molar-refractivity contribution in [3.63, 3.8) is 0 Å². The number of carbonyl (C=O) groups is 2. The normalized spacial score (nSPS) is 20.1. The van der Waals surface area contributed by atoms with Crippen LogP contribution in [0.2, 0.25) is 0 Å². The first kappa shape index (κ1) is 24.0. The molecular weight excluding hydrogens is 504 g/mol. The minimum Gasteiger partial charge on any atom is -0.496 e. The number of hydrogen-bond donors (Lipinski definition) is 1. The Morgan fingerprint density at radius 1 is 1.05 bits per heavy atom. The molecule has 0 spiro atoms. The third kappa shape index (κ3) is 3.60. The van der Waals surface area contributed by atoms with Crippen molar-refractivity contribution in [1.82, 2.24) is 4.90 Å². The lowest BCUT2D eigenvalue weighted by atomic mass is 9.88. The van der Waals surface area contributed by atoms with Crippen LogP contribution in [0.25, 0.3) is 0 Å². The molecule has 7 nitrogen and oxygen atoms in total. The van der Waals surface area contributed by atoms with Crippen LogP contribution in [-0.4, -0.2) is 36.3 Å². The van der Waals surface area contributed by atoms with E-state index in [4.69, 9.17) is 9.73 Å². The van der Waals surface area contributed by atoms with E-state index in [9.17, 15) is 27.2 Å². The minimum atomic E-state index is -4.52. The quantitative estimate of drug-likeness (QED) is 0.454. The molecule has 0 bridgehead atoms. The molecule has 0 saturated carbocycles. The molecule has 3 aromatic rings. The van der Waals surface area contributed by atoms with Gasteiger partial charge in [0, 0.05) is 5.56 Å². The van der Waals surface area contributed by atoms with Crippen molar-refractivity contribution in [1.29, 1.82) is 0 Å².